The van der Waals surface area contributed by atoms with Crippen molar-refractivity contribution in [2.75, 3.05) is 0 Å². The summed E-state index contributed by atoms with van der Waals surface area (Å²) in [4.78, 5) is 4.24. The van der Waals surface area contributed by atoms with E-state index in [2.05, 4.69) is 9.71 Å². The lowest BCUT2D eigenvalue weighted by Gasteiger charge is -2.22. The van der Waals surface area contributed by atoms with E-state index >= 15 is 0 Å². The molecule has 0 saturated heterocycles. The van der Waals surface area contributed by atoms with Crippen LogP contribution in [0, 0.1) is 18.6 Å². The molecule has 7 heteroatoms. The molecule has 0 aliphatic carbocycles. The molecule has 0 fully saturated rings. The summed E-state index contributed by atoms with van der Waals surface area (Å²) in [6.07, 6.45) is 1.61. The molecule has 0 bridgehead atoms. The zero-order valence-electron chi connectivity index (χ0n) is 14.9. The first-order valence-corrected chi connectivity index (χ1v) is 9.00. The van der Waals surface area contributed by atoms with Crippen LogP contribution in [-0.4, -0.2) is 13.9 Å². The molecular weight excluding hydrogens is 346 g/mol. The minimum atomic E-state index is -1.20. The van der Waals surface area contributed by atoms with Crippen molar-refractivity contribution >= 4 is 11.0 Å². The smallest absolute Gasteiger partial charge is 0.222 e. The number of nitrogens with one attached hydrogen (secondary N) is 1. The van der Waals surface area contributed by atoms with E-state index in [0.717, 1.165) is 23.3 Å². The molecule has 1 aromatic carbocycles. The van der Waals surface area contributed by atoms with Crippen molar-refractivity contribution in [2.24, 2.45) is 0 Å². The van der Waals surface area contributed by atoms with E-state index < -0.39 is 22.6 Å². The van der Waals surface area contributed by atoms with E-state index in [9.17, 15) is 13.0 Å². The summed E-state index contributed by atoms with van der Waals surface area (Å²) in [7, 11) is -1.20. The largest absolute Gasteiger partial charge is 0.439 e. The number of benzene rings is 1. The van der Waals surface area contributed by atoms with Crippen LogP contribution < -0.4 is 9.46 Å². The first kappa shape index (κ1) is 19.5. The monoisotopic (exact) mass is 368 g/mol. The van der Waals surface area contributed by atoms with Crippen molar-refractivity contribution < 1.29 is 17.7 Å². The first-order chi connectivity index (χ1) is 11.6. The van der Waals surface area contributed by atoms with E-state index in [1.54, 1.807) is 13.1 Å². The molecule has 2 rings (SSSR count). The van der Waals surface area contributed by atoms with E-state index in [4.69, 9.17) is 4.74 Å². The van der Waals surface area contributed by atoms with E-state index in [1.165, 1.54) is 6.07 Å². The molecule has 1 heterocycles. The summed E-state index contributed by atoms with van der Waals surface area (Å²) in [5.41, 5.74) is 1.59. The van der Waals surface area contributed by atoms with Gasteiger partial charge < -0.3 is 4.74 Å². The molecule has 136 valence electrons. The standard InChI is InChI=1S/C18H22F2N2O2S/c1-11-8-13(12(2)22-25(23)18(3,4)5)10-21-17(11)24-14-6-7-15(19)16(20)9-14/h6-10,12,22H,1-5H3/t12?,25-/m1/s1. The molecule has 0 saturated carbocycles. The molecular formula is C18H22F2N2O2S. The maximum Gasteiger partial charge on any atom is 0.222 e. The zero-order valence-corrected chi connectivity index (χ0v) is 15.7. The maximum absolute atomic E-state index is 13.3. The SMILES string of the molecule is Cc1cc(C(C)N[S@](=O)C(C)(C)C)cnc1Oc1ccc(F)c(F)c1. The molecule has 25 heavy (non-hydrogen) atoms. The summed E-state index contributed by atoms with van der Waals surface area (Å²) in [6.45, 7) is 9.39. The Morgan fingerprint density at radius 3 is 2.44 bits per heavy atom. The highest BCUT2D eigenvalue weighted by atomic mass is 32.2. The fourth-order valence-electron chi connectivity index (χ4n) is 1.98. The predicted molar refractivity (Wildman–Crippen MR) is 94.9 cm³/mol. The fraction of sp³-hybridized carbons (Fsp3) is 0.389. The number of aromatic nitrogens is 1. The molecule has 1 N–H and O–H groups in total. The molecule has 1 aromatic heterocycles. The normalized spacial score (nSPS) is 14.2. The number of halogens is 2. The third kappa shape index (κ3) is 5.06. The van der Waals surface area contributed by atoms with Gasteiger partial charge in [0, 0.05) is 23.9 Å². The van der Waals surface area contributed by atoms with E-state index in [-0.39, 0.29) is 16.5 Å². The first-order valence-electron chi connectivity index (χ1n) is 7.85. The summed E-state index contributed by atoms with van der Waals surface area (Å²) in [5, 5.41) is 0. The van der Waals surface area contributed by atoms with Gasteiger partial charge in [0.15, 0.2) is 11.6 Å². The van der Waals surface area contributed by atoms with Gasteiger partial charge in [-0.05, 0) is 58.4 Å². The second-order valence-corrected chi connectivity index (χ2v) is 8.79. The van der Waals surface area contributed by atoms with Crippen LogP contribution in [0.2, 0.25) is 0 Å². The van der Waals surface area contributed by atoms with Crippen LogP contribution in [-0.2, 0) is 11.0 Å². The van der Waals surface area contributed by atoms with Crippen molar-refractivity contribution in [3.8, 4) is 11.6 Å². The average Bonchev–Trinajstić information content (AvgIpc) is 2.51. The minimum absolute atomic E-state index is 0.163. The second-order valence-electron chi connectivity index (χ2n) is 6.79. The van der Waals surface area contributed by atoms with Crippen LogP contribution in [0.5, 0.6) is 11.6 Å². The lowest BCUT2D eigenvalue weighted by Crippen LogP contribution is -2.34. The summed E-state index contributed by atoms with van der Waals surface area (Å²) in [6, 6.07) is 5.01. The number of aryl methyl sites for hydroxylation is 1. The van der Waals surface area contributed by atoms with Gasteiger partial charge in [0.2, 0.25) is 5.88 Å². The third-order valence-corrected chi connectivity index (χ3v) is 5.18. The van der Waals surface area contributed by atoms with Gasteiger partial charge >= 0.3 is 0 Å². The van der Waals surface area contributed by atoms with Gasteiger partial charge in [0.25, 0.3) is 0 Å². The molecule has 0 aliphatic rings. The number of pyridine rings is 1. The highest BCUT2D eigenvalue weighted by molar-refractivity contribution is 7.84. The van der Waals surface area contributed by atoms with Crippen molar-refractivity contribution in [3.63, 3.8) is 0 Å². The van der Waals surface area contributed by atoms with Gasteiger partial charge in [-0.2, -0.15) is 0 Å². The lowest BCUT2D eigenvalue weighted by atomic mass is 10.1. The molecule has 2 aromatic rings. The molecule has 4 nitrogen and oxygen atoms in total. The molecule has 0 amide bonds. The number of hydrogen-bond donors (Lipinski definition) is 1. The predicted octanol–water partition coefficient (Wildman–Crippen LogP) is 4.57. The Morgan fingerprint density at radius 1 is 1.20 bits per heavy atom. The van der Waals surface area contributed by atoms with Crippen molar-refractivity contribution in [1.29, 1.82) is 0 Å². The number of rotatable bonds is 5. The summed E-state index contributed by atoms with van der Waals surface area (Å²) >= 11 is 0. The van der Waals surface area contributed by atoms with Gasteiger partial charge in [-0.25, -0.2) is 22.7 Å². The molecule has 2 atom stereocenters. The van der Waals surface area contributed by atoms with Gasteiger partial charge in [0.1, 0.15) is 5.75 Å². The quantitative estimate of drug-likeness (QED) is 0.841. The van der Waals surface area contributed by atoms with Gasteiger partial charge in [-0.15, -0.1) is 0 Å². The Bertz CT molecular complexity index is 791. The molecule has 0 radical (unpaired) electrons. The van der Waals surface area contributed by atoms with E-state index in [0.29, 0.717) is 5.88 Å². The van der Waals surface area contributed by atoms with Gasteiger partial charge in [-0.3, -0.25) is 0 Å². The Labute approximate surface area is 149 Å². The lowest BCUT2D eigenvalue weighted by molar-refractivity contribution is 0.444. The Balaban J connectivity index is 2.14. The van der Waals surface area contributed by atoms with Gasteiger partial charge in [0.05, 0.1) is 15.7 Å². The number of ether oxygens (including phenoxy) is 1. The summed E-state index contributed by atoms with van der Waals surface area (Å²) in [5.74, 6) is -1.44. The highest BCUT2D eigenvalue weighted by Crippen LogP contribution is 2.26. The Hall–Kier alpha value is -1.86. The molecule has 1 unspecified atom stereocenters. The number of hydrogen-bond acceptors (Lipinski definition) is 3. The van der Waals surface area contributed by atoms with Crippen LogP contribution in [0.15, 0.2) is 30.5 Å². The van der Waals surface area contributed by atoms with Crippen LogP contribution in [0.3, 0.4) is 0 Å². The van der Waals surface area contributed by atoms with Crippen molar-refractivity contribution in [1.82, 2.24) is 9.71 Å². The van der Waals surface area contributed by atoms with Crippen LogP contribution in [0.25, 0.3) is 0 Å². The van der Waals surface area contributed by atoms with Crippen LogP contribution in [0.4, 0.5) is 8.78 Å². The maximum atomic E-state index is 13.3. The topological polar surface area (TPSA) is 51.2 Å². The van der Waals surface area contributed by atoms with E-state index in [1.807, 2.05) is 33.8 Å². The van der Waals surface area contributed by atoms with Crippen LogP contribution in [0.1, 0.15) is 44.9 Å². The Morgan fingerprint density at radius 2 is 1.88 bits per heavy atom. The molecule has 0 spiro atoms. The highest BCUT2D eigenvalue weighted by Gasteiger charge is 2.22. The third-order valence-electron chi connectivity index (χ3n) is 3.50. The second kappa shape index (κ2) is 7.58. The minimum Gasteiger partial charge on any atom is -0.439 e. The van der Waals surface area contributed by atoms with Crippen molar-refractivity contribution in [2.45, 2.75) is 45.4 Å². The van der Waals surface area contributed by atoms with Crippen LogP contribution >= 0.6 is 0 Å². The Kier molecular flexibility index (Phi) is 5.90. The zero-order chi connectivity index (χ0) is 18.8. The number of nitrogens with zero attached hydrogens (tertiary/aromatic N) is 1. The summed E-state index contributed by atoms with van der Waals surface area (Å²) < 4.78 is 46.6. The average molecular weight is 368 g/mol. The van der Waals surface area contributed by atoms with Gasteiger partial charge in [-0.1, -0.05) is 0 Å². The fourth-order valence-corrected chi connectivity index (χ4v) is 2.80. The molecule has 0 aliphatic heterocycles. The van der Waals surface area contributed by atoms with Crippen molar-refractivity contribution in [3.05, 3.63) is 53.2 Å².